The Morgan fingerprint density at radius 3 is 1.29 bits per heavy atom. The molecule has 0 N–H and O–H groups in total. The van der Waals surface area contributed by atoms with Crippen LogP contribution in [0.25, 0.3) is 0 Å². The summed E-state index contributed by atoms with van der Waals surface area (Å²) < 4.78 is 25.5. The van der Waals surface area contributed by atoms with Gasteiger partial charge in [0.1, 0.15) is 0 Å². The molecule has 0 aromatic heterocycles. The van der Waals surface area contributed by atoms with E-state index in [1.165, 1.54) is 0 Å². The second kappa shape index (κ2) is 10.7. The van der Waals surface area contributed by atoms with Crippen molar-refractivity contribution in [2.24, 2.45) is 0 Å². The van der Waals surface area contributed by atoms with Crippen LogP contribution in [0.15, 0.2) is 97.1 Å². The topological polar surface area (TPSA) is 36.9 Å². The number of hydrogen-bond donors (Lipinski definition) is 2. The molecule has 2 aromatic rings. The van der Waals surface area contributed by atoms with E-state index in [-0.39, 0.29) is 19.1 Å². The number of rotatable bonds is 10. The number of para-hydroxylation sites is 4. The van der Waals surface area contributed by atoms with Crippen LogP contribution in [0.5, 0.6) is 23.0 Å². The van der Waals surface area contributed by atoms with E-state index in [2.05, 4.69) is 73.9 Å². The van der Waals surface area contributed by atoms with Gasteiger partial charge >= 0.3 is 201 Å². The molecule has 0 atom stereocenters. The van der Waals surface area contributed by atoms with Crippen molar-refractivity contribution in [3.63, 3.8) is 0 Å². The second-order valence-corrected chi connectivity index (χ2v) is 15.3. The van der Waals surface area contributed by atoms with Gasteiger partial charge in [0.15, 0.2) is 0 Å². The van der Waals surface area contributed by atoms with E-state index in [1.54, 1.807) is 0 Å². The van der Waals surface area contributed by atoms with Crippen LogP contribution >= 0.6 is 25.3 Å². The summed E-state index contributed by atoms with van der Waals surface area (Å²) in [5.41, 5.74) is 0. The molecule has 0 heterocycles. The Bertz CT molecular complexity index is 913. The predicted octanol–water partition coefficient (Wildman–Crippen LogP) is 6.49. The van der Waals surface area contributed by atoms with Crippen molar-refractivity contribution in [2.75, 3.05) is 11.9 Å². The number of benzene rings is 2. The first-order valence-electron chi connectivity index (χ1n) is 10.00. The number of hydrogen-bond acceptors (Lipinski definition) is 6. The van der Waals surface area contributed by atoms with Gasteiger partial charge in [0.25, 0.3) is 0 Å². The predicted molar refractivity (Wildman–Crippen MR) is 127 cm³/mol. The molecule has 0 unspecified atom stereocenters. The average molecular weight is 532 g/mol. The van der Waals surface area contributed by atoms with Crippen molar-refractivity contribution in [1.82, 2.24) is 0 Å². The Morgan fingerprint density at radius 2 is 0.935 bits per heavy atom. The third kappa shape index (κ3) is 5.00. The molecule has 2 aliphatic carbocycles. The zero-order chi connectivity index (χ0) is 21.5. The van der Waals surface area contributed by atoms with E-state index < -0.39 is 21.1 Å². The van der Waals surface area contributed by atoms with Gasteiger partial charge in [-0.3, -0.25) is 0 Å². The van der Waals surface area contributed by atoms with Gasteiger partial charge in [-0.25, -0.2) is 0 Å². The van der Waals surface area contributed by atoms with Gasteiger partial charge in [-0.05, 0) is 0 Å². The van der Waals surface area contributed by atoms with E-state index in [4.69, 9.17) is 15.1 Å². The summed E-state index contributed by atoms with van der Waals surface area (Å²) in [6, 6.07) is 15.4. The number of allylic oxidation sites excluding steroid dienone is 8. The number of thiol groups is 2. The minimum absolute atomic E-state index is 0.0554. The van der Waals surface area contributed by atoms with Crippen LogP contribution in [0.4, 0.5) is 0 Å². The normalized spacial score (nSPS) is 15.5. The summed E-state index contributed by atoms with van der Waals surface area (Å²) in [5.74, 6) is 3.16. The van der Waals surface area contributed by atoms with Crippen molar-refractivity contribution in [1.29, 1.82) is 0 Å². The first-order chi connectivity index (χ1) is 15.3. The summed E-state index contributed by atoms with van der Waals surface area (Å²) in [5, 5.41) is 0. The molecule has 0 radical (unpaired) electrons. The van der Waals surface area contributed by atoms with Crippen LogP contribution < -0.4 is 15.1 Å². The Hall–Kier alpha value is -1.82. The van der Waals surface area contributed by atoms with Crippen molar-refractivity contribution in [2.45, 2.75) is 7.25 Å². The summed E-state index contributed by atoms with van der Waals surface area (Å²) >= 11 is 4.34. The van der Waals surface area contributed by atoms with E-state index in [1.807, 2.05) is 48.5 Å². The van der Waals surface area contributed by atoms with Crippen LogP contribution in [0, 0.1) is 0 Å². The van der Waals surface area contributed by atoms with E-state index >= 15 is 0 Å². The zero-order valence-corrected chi connectivity index (χ0v) is 21.1. The molecular weight excluding hydrogens is 508 g/mol. The fourth-order valence-electron chi connectivity index (χ4n) is 3.71. The van der Waals surface area contributed by atoms with Crippen molar-refractivity contribution in [3.05, 3.63) is 97.1 Å². The van der Waals surface area contributed by atoms with Gasteiger partial charge < -0.3 is 0 Å². The Morgan fingerprint density at radius 1 is 0.581 bits per heavy atom. The molecule has 7 heteroatoms. The fourth-order valence-corrected chi connectivity index (χ4v) is 12.8. The quantitative estimate of drug-likeness (QED) is 0.271. The molecule has 0 aliphatic heterocycles. The van der Waals surface area contributed by atoms with Gasteiger partial charge in [0, 0.05) is 0 Å². The minimum atomic E-state index is -4.10. The van der Waals surface area contributed by atoms with Crippen molar-refractivity contribution in [3.8, 4) is 23.0 Å². The van der Waals surface area contributed by atoms with Crippen LogP contribution in [0.3, 0.4) is 0 Å². The fraction of sp³-hybridized carbons (Fsp3) is 0.167. The van der Waals surface area contributed by atoms with Gasteiger partial charge in [-0.15, -0.1) is 0 Å². The van der Waals surface area contributed by atoms with Gasteiger partial charge in [-0.2, -0.15) is 0 Å². The molecule has 31 heavy (non-hydrogen) atoms. The summed E-state index contributed by atoms with van der Waals surface area (Å²) in [6.45, 7) is 0. The molecule has 2 aliphatic rings. The summed E-state index contributed by atoms with van der Waals surface area (Å²) in [6.07, 6.45) is 16.9. The van der Waals surface area contributed by atoms with E-state index in [0.29, 0.717) is 23.0 Å². The molecule has 0 amide bonds. The third-order valence-electron chi connectivity index (χ3n) is 5.10. The van der Waals surface area contributed by atoms with Crippen molar-refractivity contribution >= 4 is 25.3 Å². The summed E-state index contributed by atoms with van der Waals surface area (Å²) in [4.78, 5) is 0. The molecule has 160 valence electrons. The van der Waals surface area contributed by atoms with Gasteiger partial charge in [0.05, 0.1) is 0 Å². The van der Waals surface area contributed by atoms with E-state index in [9.17, 15) is 0 Å². The SMILES string of the molecule is SCOc1ccccc1[O][Zr]([O]c1ccccc1OCS)([CH]1C=CC=C1)[CH]1C=CC=C1. The molecular formula is C24H24O4S2Zr. The molecule has 0 saturated heterocycles. The summed E-state index contributed by atoms with van der Waals surface area (Å²) in [7, 11) is 0. The third-order valence-corrected chi connectivity index (χ3v) is 14.5. The van der Waals surface area contributed by atoms with Crippen molar-refractivity contribution < 1.29 is 36.2 Å². The first kappa shape index (κ1) is 22.4. The average Bonchev–Trinajstić information content (AvgIpc) is 3.51. The molecule has 2 aromatic carbocycles. The Kier molecular flexibility index (Phi) is 7.70. The van der Waals surface area contributed by atoms with Crippen LogP contribution in [0.2, 0.25) is 7.25 Å². The molecule has 0 saturated carbocycles. The van der Waals surface area contributed by atoms with E-state index in [0.717, 1.165) is 0 Å². The van der Waals surface area contributed by atoms with Crippen LogP contribution in [0.1, 0.15) is 0 Å². The van der Waals surface area contributed by atoms with Gasteiger partial charge in [0.2, 0.25) is 0 Å². The standard InChI is InChI=1S/2C7H8O2S.2C5H5.Zr/c2*8-6-3-1-2-4-7(6)9-5-10;2*1-2-4-5-3-1;/h2*1-4,8,10H,5H2;2*1-5H;/q;;;;+2/p-2. The monoisotopic (exact) mass is 530 g/mol. The second-order valence-electron chi connectivity index (χ2n) is 6.96. The maximum absolute atomic E-state index is 6.94. The molecule has 4 nitrogen and oxygen atoms in total. The molecule has 4 rings (SSSR count). The van der Waals surface area contributed by atoms with Crippen LogP contribution in [-0.2, 0) is 21.1 Å². The van der Waals surface area contributed by atoms with Crippen LogP contribution in [-0.4, -0.2) is 11.9 Å². The first-order valence-corrected chi connectivity index (χ1v) is 16.1. The zero-order valence-electron chi connectivity index (χ0n) is 16.8. The van der Waals surface area contributed by atoms with Gasteiger partial charge in [-0.1, -0.05) is 0 Å². The molecule has 0 bridgehead atoms. The Labute approximate surface area is 199 Å². The molecule has 0 spiro atoms. The molecule has 0 fully saturated rings. The Balaban J connectivity index is 1.82. The maximum atomic E-state index is 6.94. The number of ether oxygens (including phenoxy) is 2.